The molecule has 0 spiro atoms. The first-order valence-electron chi connectivity index (χ1n) is 8.42. The van der Waals surface area contributed by atoms with Crippen LogP contribution in [0.4, 0.5) is 5.69 Å². The van der Waals surface area contributed by atoms with Gasteiger partial charge in [-0.2, -0.15) is 0 Å². The second-order valence-electron chi connectivity index (χ2n) is 6.23. The van der Waals surface area contributed by atoms with Crippen LogP contribution in [0, 0.1) is 0 Å². The minimum Gasteiger partial charge on any atom is -0.349 e. The first kappa shape index (κ1) is 17.9. The summed E-state index contributed by atoms with van der Waals surface area (Å²) in [4.78, 5) is 13.3. The number of amides is 1. The molecule has 1 aromatic heterocycles. The Hall–Kier alpha value is -1.86. The Morgan fingerprint density at radius 1 is 1.12 bits per heavy atom. The molecular weight excluding hydrogens is 356 g/mol. The van der Waals surface area contributed by atoms with Crippen molar-refractivity contribution in [3.05, 3.63) is 46.7 Å². The van der Waals surface area contributed by atoms with Gasteiger partial charge in [0.05, 0.1) is 10.6 Å². The fraction of sp³-hybridized carbons (Fsp3) is 0.389. The van der Waals surface area contributed by atoms with Gasteiger partial charge in [-0.25, -0.2) is 8.42 Å². The van der Waals surface area contributed by atoms with E-state index in [0.717, 1.165) is 25.7 Å². The number of sulfonamides is 1. The quantitative estimate of drug-likeness (QED) is 0.864. The van der Waals surface area contributed by atoms with E-state index in [1.807, 2.05) is 0 Å². The van der Waals surface area contributed by atoms with E-state index >= 15 is 0 Å². The maximum Gasteiger partial charge on any atom is 0.264 e. The number of nitrogens with one attached hydrogen (secondary N) is 1. The van der Waals surface area contributed by atoms with Crippen LogP contribution in [0.5, 0.6) is 0 Å². The summed E-state index contributed by atoms with van der Waals surface area (Å²) in [6.07, 6.45) is 5.46. The summed E-state index contributed by atoms with van der Waals surface area (Å²) in [5.74, 6) is -0.188. The molecule has 1 aromatic carbocycles. The molecule has 1 aliphatic carbocycles. The van der Waals surface area contributed by atoms with Crippen molar-refractivity contribution >= 4 is 33.0 Å². The van der Waals surface area contributed by atoms with Gasteiger partial charge >= 0.3 is 0 Å². The number of carbonyl (C=O) groups is 1. The number of benzene rings is 1. The normalized spacial score (nSPS) is 15.7. The topological polar surface area (TPSA) is 66.5 Å². The van der Waals surface area contributed by atoms with Crippen molar-refractivity contribution in [2.24, 2.45) is 0 Å². The lowest BCUT2D eigenvalue weighted by Crippen LogP contribution is -2.37. The van der Waals surface area contributed by atoms with Crippen molar-refractivity contribution in [2.45, 2.75) is 43.0 Å². The number of hydrogen-bond acceptors (Lipinski definition) is 4. The lowest BCUT2D eigenvalue weighted by molar-refractivity contribution is 0.0932. The van der Waals surface area contributed by atoms with Crippen molar-refractivity contribution in [3.63, 3.8) is 0 Å². The Morgan fingerprint density at radius 2 is 1.80 bits per heavy atom. The second kappa shape index (κ2) is 7.58. The Kier molecular flexibility index (Phi) is 5.44. The van der Waals surface area contributed by atoms with Gasteiger partial charge in [0.2, 0.25) is 0 Å². The maximum absolute atomic E-state index is 12.8. The minimum absolute atomic E-state index is 0.187. The van der Waals surface area contributed by atoms with Crippen molar-refractivity contribution in [1.82, 2.24) is 5.32 Å². The molecule has 0 saturated heterocycles. The SMILES string of the molecule is CN(c1ccsc1C(=O)NC1CCCCC1)S(=O)(=O)c1ccccc1. The van der Waals surface area contributed by atoms with E-state index in [-0.39, 0.29) is 16.8 Å². The van der Waals surface area contributed by atoms with Gasteiger partial charge in [0, 0.05) is 13.1 Å². The highest BCUT2D eigenvalue weighted by Crippen LogP contribution is 2.30. The largest absolute Gasteiger partial charge is 0.349 e. The smallest absolute Gasteiger partial charge is 0.264 e. The van der Waals surface area contributed by atoms with Crippen molar-refractivity contribution in [3.8, 4) is 0 Å². The molecule has 2 aromatic rings. The van der Waals surface area contributed by atoms with Gasteiger partial charge in [0.15, 0.2) is 0 Å². The Morgan fingerprint density at radius 3 is 2.48 bits per heavy atom. The van der Waals surface area contributed by atoms with Gasteiger partial charge < -0.3 is 5.32 Å². The zero-order valence-electron chi connectivity index (χ0n) is 14.1. The Labute approximate surface area is 152 Å². The fourth-order valence-electron chi connectivity index (χ4n) is 3.10. The lowest BCUT2D eigenvalue weighted by Gasteiger charge is -2.24. The Bertz CT molecular complexity index is 825. The molecule has 0 radical (unpaired) electrons. The third-order valence-corrected chi connectivity index (χ3v) is 7.22. The molecule has 1 aliphatic rings. The standard InChI is InChI=1S/C18H22N2O3S2/c1-20(25(22,23)15-10-6-3-7-11-15)16-12-13-24-17(16)18(21)19-14-8-4-2-5-9-14/h3,6-7,10-14H,2,4-5,8-9H2,1H3,(H,19,21). The monoisotopic (exact) mass is 378 g/mol. The van der Waals surface area contributed by atoms with Crippen LogP contribution in [0.2, 0.25) is 0 Å². The van der Waals surface area contributed by atoms with Crippen molar-refractivity contribution < 1.29 is 13.2 Å². The summed E-state index contributed by atoms with van der Waals surface area (Å²) in [7, 11) is -2.20. The summed E-state index contributed by atoms with van der Waals surface area (Å²) < 4.78 is 26.8. The van der Waals surface area contributed by atoms with Crippen LogP contribution in [0.25, 0.3) is 0 Å². The third kappa shape index (κ3) is 3.88. The number of anilines is 1. The van der Waals surface area contributed by atoms with Crippen molar-refractivity contribution in [1.29, 1.82) is 0 Å². The molecule has 0 bridgehead atoms. The van der Waals surface area contributed by atoms with Gasteiger partial charge in [-0.3, -0.25) is 9.10 Å². The minimum atomic E-state index is -3.69. The molecule has 5 nitrogen and oxygen atoms in total. The molecule has 1 saturated carbocycles. The molecule has 134 valence electrons. The van der Waals surface area contributed by atoms with E-state index in [2.05, 4.69) is 5.32 Å². The molecule has 0 aliphatic heterocycles. The predicted octanol–water partition coefficient (Wildman–Crippen LogP) is 3.64. The van der Waals surface area contributed by atoms with Gasteiger partial charge in [-0.1, -0.05) is 37.5 Å². The highest BCUT2D eigenvalue weighted by Gasteiger charge is 2.27. The number of nitrogens with zero attached hydrogens (tertiary/aromatic N) is 1. The third-order valence-electron chi connectivity index (χ3n) is 4.53. The molecule has 7 heteroatoms. The van der Waals surface area contributed by atoms with Gasteiger partial charge in [0.1, 0.15) is 4.88 Å². The highest BCUT2D eigenvalue weighted by molar-refractivity contribution is 7.92. The van der Waals surface area contributed by atoms with Crippen LogP contribution in [0.1, 0.15) is 41.8 Å². The second-order valence-corrected chi connectivity index (χ2v) is 9.11. The van der Waals surface area contributed by atoms with E-state index in [0.29, 0.717) is 10.6 Å². The molecular formula is C18H22N2O3S2. The zero-order valence-corrected chi connectivity index (χ0v) is 15.8. The summed E-state index contributed by atoms with van der Waals surface area (Å²) in [6, 6.07) is 10.1. The first-order chi connectivity index (χ1) is 12.0. The van der Waals surface area contributed by atoms with Gasteiger partial charge in [0.25, 0.3) is 15.9 Å². The molecule has 3 rings (SSSR count). The van der Waals surface area contributed by atoms with Gasteiger partial charge in [-0.05, 0) is 36.4 Å². The van der Waals surface area contributed by atoms with E-state index in [4.69, 9.17) is 0 Å². The number of thiophene rings is 1. The highest BCUT2D eigenvalue weighted by atomic mass is 32.2. The number of hydrogen-bond donors (Lipinski definition) is 1. The molecule has 25 heavy (non-hydrogen) atoms. The summed E-state index contributed by atoms with van der Waals surface area (Å²) >= 11 is 1.27. The maximum atomic E-state index is 12.8. The average molecular weight is 379 g/mol. The number of carbonyl (C=O) groups excluding carboxylic acids is 1. The van der Waals surface area contributed by atoms with E-state index in [1.165, 1.54) is 29.1 Å². The summed E-state index contributed by atoms with van der Waals surface area (Å²) in [5, 5.41) is 4.81. The van der Waals surface area contributed by atoms with Crippen LogP contribution >= 0.6 is 11.3 Å². The summed E-state index contributed by atoms with van der Waals surface area (Å²) in [6.45, 7) is 0. The fourth-order valence-corrected chi connectivity index (χ4v) is 5.21. The predicted molar refractivity (Wildman–Crippen MR) is 101 cm³/mol. The van der Waals surface area contributed by atoms with E-state index in [9.17, 15) is 13.2 Å². The van der Waals surface area contributed by atoms with Crippen LogP contribution in [0.3, 0.4) is 0 Å². The van der Waals surface area contributed by atoms with E-state index in [1.54, 1.807) is 41.8 Å². The van der Waals surface area contributed by atoms with Gasteiger partial charge in [-0.15, -0.1) is 11.3 Å². The average Bonchev–Trinajstić information content (AvgIpc) is 3.12. The molecule has 1 amide bonds. The van der Waals surface area contributed by atoms with E-state index < -0.39 is 10.0 Å². The lowest BCUT2D eigenvalue weighted by atomic mass is 9.95. The van der Waals surface area contributed by atoms with Crippen LogP contribution in [-0.2, 0) is 10.0 Å². The van der Waals surface area contributed by atoms with Crippen LogP contribution in [-0.4, -0.2) is 27.4 Å². The molecule has 0 unspecified atom stereocenters. The molecule has 1 fully saturated rings. The first-order valence-corrected chi connectivity index (χ1v) is 10.7. The number of rotatable bonds is 5. The molecule has 1 N–H and O–H groups in total. The van der Waals surface area contributed by atoms with Crippen molar-refractivity contribution in [2.75, 3.05) is 11.4 Å². The van der Waals surface area contributed by atoms with Crippen LogP contribution < -0.4 is 9.62 Å². The summed E-state index contributed by atoms with van der Waals surface area (Å²) in [5.41, 5.74) is 0.419. The Balaban J connectivity index is 1.82. The molecule has 1 heterocycles. The molecule has 0 atom stereocenters. The zero-order chi connectivity index (χ0) is 17.9. The van der Waals surface area contributed by atoms with Crippen LogP contribution in [0.15, 0.2) is 46.7 Å².